The van der Waals surface area contributed by atoms with Gasteiger partial charge in [0.05, 0.1) is 0 Å². The summed E-state index contributed by atoms with van der Waals surface area (Å²) in [7, 11) is 0. The Morgan fingerprint density at radius 1 is 1.33 bits per heavy atom. The maximum absolute atomic E-state index is 12.3. The van der Waals surface area contributed by atoms with E-state index in [1.165, 1.54) is 5.56 Å². The molecule has 1 unspecified atom stereocenters. The van der Waals surface area contributed by atoms with Gasteiger partial charge in [-0.2, -0.15) is 0 Å². The van der Waals surface area contributed by atoms with Crippen LogP contribution >= 0.6 is 0 Å². The van der Waals surface area contributed by atoms with Crippen LogP contribution in [0.2, 0.25) is 0 Å². The highest BCUT2D eigenvalue weighted by Gasteiger charge is 2.31. The maximum Gasteiger partial charge on any atom is 0.220 e. The predicted molar refractivity (Wildman–Crippen MR) is 87.0 cm³/mol. The molecule has 21 heavy (non-hydrogen) atoms. The maximum atomic E-state index is 12.3. The van der Waals surface area contributed by atoms with E-state index in [9.17, 15) is 4.79 Å². The average molecular weight is 288 g/mol. The Kier molecular flexibility index (Phi) is 5.04. The molecule has 3 N–H and O–H groups in total. The lowest BCUT2D eigenvalue weighted by molar-refractivity contribution is -0.123. The van der Waals surface area contributed by atoms with Crippen LogP contribution in [0, 0.1) is 5.92 Å². The predicted octanol–water partition coefficient (Wildman–Crippen LogP) is 2.99. The van der Waals surface area contributed by atoms with Gasteiger partial charge in [-0.15, -0.1) is 0 Å². The summed E-state index contributed by atoms with van der Waals surface area (Å²) in [4.78, 5) is 12.3. The van der Waals surface area contributed by atoms with Crippen molar-refractivity contribution in [3.05, 3.63) is 35.9 Å². The summed E-state index contributed by atoms with van der Waals surface area (Å²) in [6.07, 6.45) is 3.87. The Labute approximate surface area is 128 Å². The average Bonchev–Trinajstić information content (AvgIpc) is 2.85. The Bertz CT molecular complexity index is 469. The first-order chi connectivity index (χ1) is 9.91. The number of hydrogen-bond acceptors (Lipinski definition) is 2. The molecule has 1 fully saturated rings. The first-order valence-corrected chi connectivity index (χ1v) is 8.01. The van der Waals surface area contributed by atoms with E-state index in [4.69, 9.17) is 5.73 Å². The van der Waals surface area contributed by atoms with Crippen molar-refractivity contribution in [3.8, 4) is 0 Å². The van der Waals surface area contributed by atoms with E-state index in [1.54, 1.807) is 0 Å². The lowest BCUT2D eigenvalue weighted by atomic mass is 9.78. The Morgan fingerprint density at radius 2 is 2.00 bits per heavy atom. The molecule has 3 nitrogen and oxygen atoms in total. The summed E-state index contributed by atoms with van der Waals surface area (Å²) in [6.45, 7) is 6.43. The van der Waals surface area contributed by atoms with Gasteiger partial charge in [-0.05, 0) is 31.2 Å². The monoisotopic (exact) mass is 288 g/mol. The molecule has 116 valence electrons. The van der Waals surface area contributed by atoms with Gasteiger partial charge >= 0.3 is 0 Å². The number of nitrogens with two attached hydrogens (primary N) is 1. The number of benzene rings is 1. The van der Waals surface area contributed by atoms with Crippen molar-refractivity contribution in [3.63, 3.8) is 0 Å². The Balaban J connectivity index is 1.94. The SMILES string of the molecule is CC(NC(=O)C[C@@H]1CCC[C@H]1N)C(C)(C)c1ccccc1. The van der Waals surface area contributed by atoms with Crippen LogP contribution in [-0.4, -0.2) is 18.0 Å². The van der Waals surface area contributed by atoms with Gasteiger partial charge in [0.2, 0.25) is 5.91 Å². The fourth-order valence-corrected chi connectivity index (χ4v) is 3.16. The number of carbonyl (C=O) groups is 1. The molecular weight excluding hydrogens is 260 g/mol. The molecule has 1 aliphatic rings. The van der Waals surface area contributed by atoms with Gasteiger partial charge in [0, 0.05) is 23.9 Å². The molecule has 3 heteroatoms. The standard InChI is InChI=1S/C18H28N2O/c1-13(18(2,3)15-9-5-4-6-10-15)20-17(21)12-14-8-7-11-16(14)19/h4-6,9-10,13-14,16H,7-8,11-12,19H2,1-3H3,(H,20,21)/t13?,14-,16+/m0/s1. The highest BCUT2D eigenvalue weighted by Crippen LogP contribution is 2.29. The van der Waals surface area contributed by atoms with E-state index in [2.05, 4.69) is 38.2 Å². The van der Waals surface area contributed by atoms with Crippen LogP contribution in [0.5, 0.6) is 0 Å². The molecular formula is C18H28N2O. The summed E-state index contributed by atoms with van der Waals surface area (Å²) < 4.78 is 0. The van der Waals surface area contributed by atoms with Gasteiger partial charge in [-0.25, -0.2) is 0 Å². The minimum Gasteiger partial charge on any atom is -0.353 e. The zero-order chi connectivity index (χ0) is 15.5. The Hall–Kier alpha value is -1.35. The van der Waals surface area contributed by atoms with E-state index in [1.807, 2.05) is 18.2 Å². The summed E-state index contributed by atoms with van der Waals surface area (Å²) in [6, 6.07) is 10.6. The van der Waals surface area contributed by atoms with Gasteiger partial charge < -0.3 is 11.1 Å². The normalized spacial score (nSPS) is 23.8. The van der Waals surface area contributed by atoms with Crippen LogP contribution in [0.4, 0.5) is 0 Å². The molecule has 0 bridgehead atoms. The molecule has 2 rings (SSSR count). The van der Waals surface area contributed by atoms with Crippen LogP contribution in [0.3, 0.4) is 0 Å². The number of amides is 1. The lowest BCUT2D eigenvalue weighted by Gasteiger charge is -2.33. The molecule has 0 aliphatic heterocycles. The topological polar surface area (TPSA) is 55.1 Å². The highest BCUT2D eigenvalue weighted by atomic mass is 16.1. The van der Waals surface area contributed by atoms with E-state index < -0.39 is 0 Å². The minimum atomic E-state index is -0.0886. The molecule has 3 atom stereocenters. The summed E-state index contributed by atoms with van der Waals surface area (Å²) in [5.41, 5.74) is 7.21. The van der Waals surface area contributed by atoms with Crippen LogP contribution in [0.15, 0.2) is 30.3 Å². The highest BCUT2D eigenvalue weighted by molar-refractivity contribution is 5.76. The van der Waals surface area contributed by atoms with E-state index in [0.717, 1.165) is 19.3 Å². The van der Waals surface area contributed by atoms with E-state index >= 15 is 0 Å². The van der Waals surface area contributed by atoms with Gasteiger partial charge in [0.25, 0.3) is 0 Å². The lowest BCUT2D eigenvalue weighted by Crippen LogP contribution is -2.46. The second-order valence-corrected chi connectivity index (χ2v) is 6.94. The first-order valence-electron chi connectivity index (χ1n) is 8.01. The molecule has 1 aromatic rings. The summed E-state index contributed by atoms with van der Waals surface area (Å²) in [5.74, 6) is 0.492. The van der Waals surface area contributed by atoms with Crippen LogP contribution < -0.4 is 11.1 Å². The quantitative estimate of drug-likeness (QED) is 0.875. The Morgan fingerprint density at radius 3 is 2.57 bits per heavy atom. The van der Waals surface area contributed by atoms with Gasteiger partial charge in [0.15, 0.2) is 0 Å². The zero-order valence-electron chi connectivity index (χ0n) is 13.4. The third kappa shape index (κ3) is 3.85. The van der Waals surface area contributed by atoms with Crippen molar-refractivity contribution in [2.75, 3.05) is 0 Å². The third-order valence-corrected chi connectivity index (χ3v) is 5.14. The first kappa shape index (κ1) is 16.0. The molecule has 0 aromatic heterocycles. The molecule has 0 heterocycles. The molecule has 1 amide bonds. The number of hydrogen-bond donors (Lipinski definition) is 2. The zero-order valence-corrected chi connectivity index (χ0v) is 13.4. The summed E-state index contributed by atoms with van der Waals surface area (Å²) in [5, 5.41) is 3.17. The van der Waals surface area contributed by atoms with Crippen LogP contribution in [-0.2, 0) is 10.2 Å². The van der Waals surface area contributed by atoms with Crippen molar-refractivity contribution in [1.29, 1.82) is 0 Å². The van der Waals surface area contributed by atoms with Crippen molar-refractivity contribution in [1.82, 2.24) is 5.32 Å². The van der Waals surface area contributed by atoms with Crippen molar-refractivity contribution < 1.29 is 4.79 Å². The van der Waals surface area contributed by atoms with Gasteiger partial charge in [-0.1, -0.05) is 50.6 Å². The van der Waals surface area contributed by atoms with E-state index in [-0.39, 0.29) is 23.4 Å². The largest absolute Gasteiger partial charge is 0.353 e. The van der Waals surface area contributed by atoms with Crippen molar-refractivity contribution >= 4 is 5.91 Å². The fraction of sp³-hybridized carbons (Fsp3) is 0.611. The minimum absolute atomic E-state index is 0.0880. The number of carbonyl (C=O) groups excluding carboxylic acids is 1. The van der Waals surface area contributed by atoms with Gasteiger partial charge in [0.1, 0.15) is 0 Å². The van der Waals surface area contributed by atoms with Crippen molar-refractivity contribution in [2.24, 2.45) is 11.7 Å². The van der Waals surface area contributed by atoms with Crippen LogP contribution in [0.1, 0.15) is 52.0 Å². The third-order valence-electron chi connectivity index (χ3n) is 5.14. The summed E-state index contributed by atoms with van der Waals surface area (Å²) >= 11 is 0. The molecule has 0 saturated heterocycles. The molecule has 1 aromatic carbocycles. The second-order valence-electron chi connectivity index (χ2n) is 6.94. The molecule has 1 aliphatic carbocycles. The smallest absolute Gasteiger partial charge is 0.220 e. The number of nitrogens with one attached hydrogen (secondary N) is 1. The van der Waals surface area contributed by atoms with Crippen LogP contribution in [0.25, 0.3) is 0 Å². The number of rotatable bonds is 5. The van der Waals surface area contributed by atoms with Crippen molar-refractivity contribution in [2.45, 2.75) is 64.0 Å². The van der Waals surface area contributed by atoms with E-state index in [0.29, 0.717) is 12.3 Å². The second kappa shape index (κ2) is 6.61. The molecule has 0 radical (unpaired) electrons. The molecule has 1 saturated carbocycles. The molecule has 0 spiro atoms. The fourth-order valence-electron chi connectivity index (χ4n) is 3.16. The van der Waals surface area contributed by atoms with Gasteiger partial charge in [-0.3, -0.25) is 4.79 Å².